The number of carbonyl (C=O) groups is 1. The molecule has 0 unspecified atom stereocenters. The highest BCUT2D eigenvalue weighted by atomic mass is 19.1. The van der Waals surface area contributed by atoms with Gasteiger partial charge in [0, 0.05) is 12.3 Å². The molecule has 1 amide bonds. The van der Waals surface area contributed by atoms with Crippen LogP contribution < -0.4 is 5.73 Å². The molecule has 0 radical (unpaired) electrons. The van der Waals surface area contributed by atoms with Gasteiger partial charge in [0.25, 0.3) is 0 Å². The Hall–Kier alpha value is -1.71. The van der Waals surface area contributed by atoms with Crippen molar-refractivity contribution < 1.29 is 9.18 Å². The lowest BCUT2D eigenvalue weighted by Crippen LogP contribution is -2.05. The minimum absolute atomic E-state index is 0.443. The molecule has 0 spiro atoms. The molecule has 0 saturated heterocycles. The number of nitrogens with zero attached hydrogens (tertiary/aromatic N) is 1. The van der Waals surface area contributed by atoms with Crippen LogP contribution in [0, 0.1) is 5.82 Å². The van der Waals surface area contributed by atoms with E-state index in [1.54, 1.807) is 0 Å². The smallest absolute Gasteiger partial charge is 0.241 e. The molecule has 0 atom stereocenters. The number of amides is 1. The van der Waals surface area contributed by atoms with Crippen molar-refractivity contribution in [2.75, 3.05) is 0 Å². The predicted octanol–water partition coefficient (Wildman–Crippen LogP) is 0.719. The number of hydrogen-bond donors (Lipinski definition) is 1. The summed E-state index contributed by atoms with van der Waals surface area (Å²) in [6, 6.07) is 1.26. The van der Waals surface area contributed by atoms with Crippen LogP contribution in [0.1, 0.15) is 5.56 Å². The topological polar surface area (TPSA) is 56.0 Å². The van der Waals surface area contributed by atoms with E-state index in [2.05, 4.69) is 4.98 Å². The first kappa shape index (κ1) is 8.39. The molecule has 0 aliphatic rings. The lowest BCUT2D eigenvalue weighted by atomic mass is 10.2. The first-order chi connectivity index (χ1) is 5.68. The molecule has 0 fully saturated rings. The molecular formula is C8H7FN2O. The molecule has 1 heterocycles. The molecule has 12 heavy (non-hydrogen) atoms. The lowest BCUT2D eigenvalue weighted by Gasteiger charge is -1.90. The molecule has 1 aromatic heterocycles. The summed E-state index contributed by atoms with van der Waals surface area (Å²) in [5.74, 6) is -1.01. The minimum Gasteiger partial charge on any atom is -0.366 e. The van der Waals surface area contributed by atoms with Gasteiger partial charge in [-0.1, -0.05) is 0 Å². The van der Waals surface area contributed by atoms with Crippen molar-refractivity contribution in [1.82, 2.24) is 4.98 Å². The number of hydrogen-bond acceptors (Lipinski definition) is 2. The summed E-state index contributed by atoms with van der Waals surface area (Å²) >= 11 is 0. The van der Waals surface area contributed by atoms with Crippen LogP contribution in [-0.4, -0.2) is 10.9 Å². The lowest BCUT2D eigenvalue weighted by molar-refractivity contribution is -0.113. The minimum atomic E-state index is -0.570. The van der Waals surface area contributed by atoms with Crippen LogP contribution >= 0.6 is 0 Å². The van der Waals surface area contributed by atoms with E-state index in [1.807, 2.05) is 0 Å². The van der Waals surface area contributed by atoms with Gasteiger partial charge in [-0.3, -0.25) is 9.78 Å². The SMILES string of the molecule is NC(=O)/C=C\c1cncc(F)c1. The fourth-order valence-corrected chi connectivity index (χ4v) is 0.698. The van der Waals surface area contributed by atoms with Gasteiger partial charge in [0.2, 0.25) is 5.91 Å². The standard InChI is InChI=1S/C8H7FN2O/c9-7-3-6(4-11-5-7)1-2-8(10)12/h1-5H,(H2,10,12)/b2-1-. The van der Waals surface area contributed by atoms with Gasteiger partial charge in [0.15, 0.2) is 0 Å². The van der Waals surface area contributed by atoms with Gasteiger partial charge in [0.05, 0.1) is 6.20 Å². The highest BCUT2D eigenvalue weighted by Crippen LogP contribution is 2.02. The summed E-state index contributed by atoms with van der Waals surface area (Å²) in [7, 11) is 0. The van der Waals surface area contributed by atoms with E-state index in [0.29, 0.717) is 5.56 Å². The van der Waals surface area contributed by atoms with E-state index >= 15 is 0 Å². The Bertz CT molecular complexity index is 323. The number of carbonyl (C=O) groups excluding carboxylic acids is 1. The Morgan fingerprint density at radius 1 is 1.58 bits per heavy atom. The zero-order valence-corrected chi connectivity index (χ0v) is 6.20. The van der Waals surface area contributed by atoms with E-state index < -0.39 is 11.7 Å². The van der Waals surface area contributed by atoms with Crippen LogP contribution in [0.5, 0.6) is 0 Å². The van der Waals surface area contributed by atoms with E-state index in [1.165, 1.54) is 18.3 Å². The maximum absolute atomic E-state index is 12.5. The van der Waals surface area contributed by atoms with Crippen LogP contribution in [-0.2, 0) is 4.79 Å². The average molecular weight is 166 g/mol. The summed E-state index contributed by atoms with van der Waals surface area (Å²) < 4.78 is 12.5. The molecule has 2 N–H and O–H groups in total. The van der Waals surface area contributed by atoms with Crippen molar-refractivity contribution in [3.63, 3.8) is 0 Å². The van der Waals surface area contributed by atoms with Gasteiger partial charge >= 0.3 is 0 Å². The van der Waals surface area contributed by atoms with Crippen molar-refractivity contribution in [2.45, 2.75) is 0 Å². The molecule has 4 heteroatoms. The predicted molar refractivity (Wildman–Crippen MR) is 42.4 cm³/mol. The average Bonchev–Trinajstić information content (AvgIpc) is 2.01. The summed E-state index contributed by atoms with van der Waals surface area (Å²) in [4.78, 5) is 13.9. The summed E-state index contributed by atoms with van der Waals surface area (Å²) in [5, 5.41) is 0. The van der Waals surface area contributed by atoms with Crippen LogP contribution in [0.25, 0.3) is 6.08 Å². The Labute approximate surface area is 68.7 Å². The van der Waals surface area contributed by atoms with Crippen molar-refractivity contribution in [2.24, 2.45) is 5.73 Å². The molecule has 1 rings (SSSR count). The van der Waals surface area contributed by atoms with Crippen molar-refractivity contribution in [3.8, 4) is 0 Å². The van der Waals surface area contributed by atoms with Crippen molar-refractivity contribution in [3.05, 3.63) is 35.9 Å². The number of halogens is 1. The molecule has 0 aromatic carbocycles. The van der Waals surface area contributed by atoms with Gasteiger partial charge in [-0.2, -0.15) is 0 Å². The molecule has 0 aliphatic heterocycles. The Kier molecular flexibility index (Phi) is 2.53. The maximum atomic E-state index is 12.5. The highest BCUT2D eigenvalue weighted by molar-refractivity contribution is 5.90. The number of aromatic nitrogens is 1. The zero-order valence-electron chi connectivity index (χ0n) is 6.20. The van der Waals surface area contributed by atoms with Gasteiger partial charge in [-0.25, -0.2) is 4.39 Å². The largest absolute Gasteiger partial charge is 0.366 e. The molecular weight excluding hydrogens is 159 g/mol. The second kappa shape index (κ2) is 3.61. The van der Waals surface area contributed by atoms with Gasteiger partial charge in [0.1, 0.15) is 5.82 Å². The first-order valence-corrected chi connectivity index (χ1v) is 3.26. The van der Waals surface area contributed by atoms with Crippen LogP contribution in [0.3, 0.4) is 0 Å². The second-order valence-corrected chi connectivity index (χ2v) is 2.17. The molecule has 0 bridgehead atoms. The Morgan fingerprint density at radius 3 is 2.92 bits per heavy atom. The highest BCUT2D eigenvalue weighted by Gasteiger charge is 1.91. The first-order valence-electron chi connectivity index (χ1n) is 3.26. The Balaban J connectivity index is 2.83. The van der Waals surface area contributed by atoms with E-state index in [4.69, 9.17) is 5.73 Å². The van der Waals surface area contributed by atoms with Gasteiger partial charge in [-0.15, -0.1) is 0 Å². The maximum Gasteiger partial charge on any atom is 0.241 e. The third-order valence-corrected chi connectivity index (χ3v) is 1.17. The van der Waals surface area contributed by atoms with Gasteiger partial charge < -0.3 is 5.73 Å². The van der Waals surface area contributed by atoms with E-state index in [-0.39, 0.29) is 0 Å². The normalized spacial score (nSPS) is 10.4. The van der Waals surface area contributed by atoms with E-state index in [9.17, 15) is 9.18 Å². The van der Waals surface area contributed by atoms with Crippen LogP contribution in [0.2, 0.25) is 0 Å². The van der Waals surface area contributed by atoms with E-state index in [0.717, 1.165) is 12.3 Å². The number of primary amides is 1. The number of rotatable bonds is 2. The van der Waals surface area contributed by atoms with Crippen LogP contribution in [0.4, 0.5) is 4.39 Å². The number of nitrogens with two attached hydrogens (primary N) is 1. The monoisotopic (exact) mass is 166 g/mol. The van der Waals surface area contributed by atoms with Crippen molar-refractivity contribution >= 4 is 12.0 Å². The molecule has 3 nitrogen and oxygen atoms in total. The van der Waals surface area contributed by atoms with Gasteiger partial charge in [-0.05, 0) is 17.7 Å². The molecule has 0 saturated carbocycles. The quantitative estimate of drug-likeness (QED) is 0.658. The molecule has 0 aliphatic carbocycles. The third-order valence-electron chi connectivity index (χ3n) is 1.17. The molecule has 62 valence electrons. The zero-order chi connectivity index (χ0) is 8.97. The van der Waals surface area contributed by atoms with Crippen LogP contribution in [0.15, 0.2) is 24.5 Å². The van der Waals surface area contributed by atoms with Crippen molar-refractivity contribution in [1.29, 1.82) is 0 Å². The fourth-order valence-electron chi connectivity index (χ4n) is 0.698. The Morgan fingerprint density at radius 2 is 2.33 bits per heavy atom. The second-order valence-electron chi connectivity index (χ2n) is 2.17. The summed E-state index contributed by atoms with van der Waals surface area (Å²) in [6.45, 7) is 0. The number of pyridine rings is 1. The third kappa shape index (κ3) is 2.49. The summed E-state index contributed by atoms with van der Waals surface area (Å²) in [5.41, 5.74) is 5.35. The fraction of sp³-hybridized carbons (Fsp3) is 0. The summed E-state index contributed by atoms with van der Waals surface area (Å²) in [6.07, 6.45) is 5.07. The molecule has 1 aromatic rings.